The highest BCUT2D eigenvalue weighted by molar-refractivity contribution is 7.18. The summed E-state index contributed by atoms with van der Waals surface area (Å²) in [6.45, 7) is 1.07. The molecule has 0 aliphatic carbocycles. The Morgan fingerprint density at radius 1 is 1.04 bits per heavy atom. The van der Waals surface area contributed by atoms with Crippen LogP contribution in [0, 0.1) is 0 Å². The molecule has 0 fully saturated rings. The molecule has 3 aromatic rings. The van der Waals surface area contributed by atoms with E-state index >= 15 is 0 Å². The number of benzene rings is 2. The van der Waals surface area contributed by atoms with Gasteiger partial charge in [-0.3, -0.25) is 20.4 Å². The number of nitrogens with zero attached hydrogens (tertiary/aromatic N) is 2. The Kier molecular flexibility index (Phi) is 5.53. The summed E-state index contributed by atoms with van der Waals surface area (Å²) in [4.78, 5) is 30.9. The highest BCUT2D eigenvalue weighted by Crippen LogP contribution is 2.26. The molecule has 0 spiro atoms. The van der Waals surface area contributed by atoms with Crippen molar-refractivity contribution in [2.75, 3.05) is 18.0 Å². The van der Waals surface area contributed by atoms with Gasteiger partial charge in [0.05, 0.1) is 21.8 Å². The molecule has 2 heterocycles. The van der Waals surface area contributed by atoms with Crippen molar-refractivity contribution in [1.29, 1.82) is 0 Å². The number of amides is 2. The number of thiazole rings is 1. The average molecular weight is 395 g/mol. The summed E-state index contributed by atoms with van der Waals surface area (Å²) in [6, 6.07) is 16.1. The first-order valence-corrected chi connectivity index (χ1v) is 10.3. The number of rotatable bonds is 5. The normalized spacial score (nSPS) is 13.2. The summed E-state index contributed by atoms with van der Waals surface area (Å²) in [5.74, 6) is -0.434. The molecule has 2 N–H and O–H groups in total. The molecular weight excluding hydrogens is 372 g/mol. The van der Waals surface area contributed by atoms with E-state index in [9.17, 15) is 9.59 Å². The van der Waals surface area contributed by atoms with Crippen LogP contribution in [0.2, 0.25) is 0 Å². The largest absolute Gasteiger partial charge is 0.362 e. The molecule has 0 saturated heterocycles. The average Bonchev–Trinajstić information content (AvgIpc) is 3.14. The van der Waals surface area contributed by atoms with Crippen LogP contribution in [0.25, 0.3) is 10.2 Å². The lowest BCUT2D eigenvalue weighted by Crippen LogP contribution is -2.47. The van der Waals surface area contributed by atoms with Crippen LogP contribution >= 0.6 is 11.3 Å². The Labute approximate surface area is 167 Å². The van der Waals surface area contributed by atoms with Crippen LogP contribution in [0.3, 0.4) is 0 Å². The molecule has 0 atom stereocenters. The second-order valence-electron chi connectivity index (χ2n) is 6.83. The number of hydrogen-bond acceptors (Lipinski definition) is 5. The Morgan fingerprint density at radius 2 is 1.82 bits per heavy atom. The number of fused-ring (bicyclic) bond motifs is 2. The molecule has 1 aliphatic rings. The lowest BCUT2D eigenvalue weighted by molar-refractivity contribution is -0.128. The topological polar surface area (TPSA) is 74.3 Å². The predicted octanol–water partition coefficient (Wildman–Crippen LogP) is 2.83. The minimum atomic E-state index is -0.218. The second-order valence-corrected chi connectivity index (χ2v) is 7.94. The van der Waals surface area contributed by atoms with Crippen molar-refractivity contribution >= 4 is 39.1 Å². The summed E-state index contributed by atoms with van der Waals surface area (Å²) in [5.41, 5.74) is 8.36. The van der Waals surface area contributed by atoms with E-state index in [1.807, 2.05) is 42.5 Å². The molecule has 0 unspecified atom stereocenters. The van der Waals surface area contributed by atoms with E-state index < -0.39 is 0 Å². The van der Waals surface area contributed by atoms with Gasteiger partial charge in [-0.05, 0) is 36.6 Å². The van der Waals surface area contributed by atoms with Crippen LogP contribution in [0.15, 0.2) is 48.5 Å². The van der Waals surface area contributed by atoms with E-state index in [1.165, 1.54) is 5.56 Å². The molecule has 1 aromatic heterocycles. The quantitative estimate of drug-likeness (QED) is 0.653. The number of hydrogen-bond donors (Lipinski definition) is 2. The molecule has 1 aliphatic heterocycles. The van der Waals surface area contributed by atoms with Crippen LogP contribution in [-0.2, 0) is 22.4 Å². The van der Waals surface area contributed by atoms with Crippen molar-refractivity contribution in [2.45, 2.75) is 25.7 Å². The van der Waals surface area contributed by atoms with Crippen molar-refractivity contribution in [3.63, 3.8) is 0 Å². The summed E-state index contributed by atoms with van der Waals surface area (Å²) in [7, 11) is 0. The molecule has 0 saturated carbocycles. The lowest BCUT2D eigenvalue weighted by Gasteiger charge is -2.30. The first-order chi connectivity index (χ1) is 13.7. The van der Waals surface area contributed by atoms with Crippen LogP contribution in [-0.4, -0.2) is 29.9 Å². The molecule has 2 amide bonds. The van der Waals surface area contributed by atoms with E-state index in [0.717, 1.165) is 40.3 Å². The van der Waals surface area contributed by atoms with Gasteiger partial charge in [0.2, 0.25) is 5.91 Å². The number of aryl methyl sites for hydroxylation is 2. The maximum absolute atomic E-state index is 12.2. The van der Waals surface area contributed by atoms with Gasteiger partial charge >= 0.3 is 0 Å². The second kappa shape index (κ2) is 8.39. The van der Waals surface area contributed by atoms with Crippen molar-refractivity contribution in [1.82, 2.24) is 15.8 Å². The summed E-state index contributed by atoms with van der Waals surface area (Å²) < 4.78 is 1.12. The summed E-state index contributed by atoms with van der Waals surface area (Å²) in [5, 5.41) is 0.924. The molecule has 144 valence electrons. The number of aromatic nitrogens is 1. The molecule has 6 nitrogen and oxygen atoms in total. The van der Waals surface area contributed by atoms with Gasteiger partial charge in [0.15, 0.2) is 0 Å². The third-order valence-electron chi connectivity index (χ3n) is 4.79. The molecule has 2 aromatic carbocycles. The summed E-state index contributed by atoms with van der Waals surface area (Å²) >= 11 is 1.60. The number of carbonyl (C=O) groups excluding carboxylic acids is 2. The minimum Gasteiger partial charge on any atom is -0.362 e. The van der Waals surface area contributed by atoms with Gasteiger partial charge in [-0.1, -0.05) is 30.3 Å². The highest BCUT2D eigenvalue weighted by atomic mass is 32.1. The Morgan fingerprint density at radius 3 is 2.71 bits per heavy atom. The molecule has 4 rings (SSSR count). The van der Waals surface area contributed by atoms with Crippen molar-refractivity contribution in [3.05, 3.63) is 59.1 Å². The first kappa shape index (κ1) is 18.4. The lowest BCUT2D eigenvalue weighted by atomic mass is 10.0. The van der Waals surface area contributed by atoms with E-state index in [4.69, 9.17) is 0 Å². The van der Waals surface area contributed by atoms with Gasteiger partial charge in [0.1, 0.15) is 0 Å². The predicted molar refractivity (Wildman–Crippen MR) is 111 cm³/mol. The van der Waals surface area contributed by atoms with E-state index in [2.05, 4.69) is 26.8 Å². The smallest absolute Gasteiger partial charge is 0.257 e. The van der Waals surface area contributed by atoms with Crippen LogP contribution in [0.1, 0.15) is 23.4 Å². The Bertz CT molecular complexity index is 968. The summed E-state index contributed by atoms with van der Waals surface area (Å²) in [6.07, 6.45) is 2.91. The number of hydrazine groups is 1. The third kappa shape index (κ3) is 4.31. The number of anilines is 1. The number of para-hydroxylation sites is 2. The zero-order valence-corrected chi connectivity index (χ0v) is 16.3. The molecule has 0 radical (unpaired) electrons. The fraction of sp³-hybridized carbons (Fsp3) is 0.286. The Balaban J connectivity index is 1.24. The SMILES string of the molecule is O=C(CCc1nc2ccccc2s1)NNC(=O)CN1CCCc2ccccc21. The van der Waals surface area contributed by atoms with Crippen molar-refractivity contribution in [3.8, 4) is 0 Å². The fourth-order valence-electron chi connectivity index (χ4n) is 3.44. The van der Waals surface area contributed by atoms with E-state index in [1.54, 1.807) is 11.3 Å². The number of nitrogens with one attached hydrogen (secondary N) is 2. The first-order valence-electron chi connectivity index (χ1n) is 9.44. The molecule has 7 heteroatoms. The highest BCUT2D eigenvalue weighted by Gasteiger charge is 2.18. The monoisotopic (exact) mass is 394 g/mol. The zero-order chi connectivity index (χ0) is 19.3. The van der Waals surface area contributed by atoms with Gasteiger partial charge < -0.3 is 4.90 Å². The minimum absolute atomic E-state index is 0.216. The van der Waals surface area contributed by atoms with Crippen molar-refractivity contribution in [2.24, 2.45) is 0 Å². The maximum atomic E-state index is 12.2. The fourth-order valence-corrected chi connectivity index (χ4v) is 4.40. The van der Waals surface area contributed by atoms with Gasteiger partial charge in [0.25, 0.3) is 5.91 Å². The van der Waals surface area contributed by atoms with Gasteiger partial charge in [-0.25, -0.2) is 4.98 Å². The van der Waals surface area contributed by atoms with Gasteiger partial charge in [-0.2, -0.15) is 0 Å². The molecule has 0 bridgehead atoms. The third-order valence-corrected chi connectivity index (χ3v) is 5.88. The Hall–Kier alpha value is -2.93. The van der Waals surface area contributed by atoms with Crippen LogP contribution < -0.4 is 15.8 Å². The number of carbonyl (C=O) groups is 2. The maximum Gasteiger partial charge on any atom is 0.257 e. The molecular formula is C21H22N4O2S. The van der Waals surface area contributed by atoms with E-state index in [-0.39, 0.29) is 24.8 Å². The zero-order valence-electron chi connectivity index (χ0n) is 15.5. The standard InChI is InChI=1S/C21H22N4O2S/c26-19(11-12-21-22-16-8-2-4-10-18(16)28-21)23-24-20(27)14-25-13-5-7-15-6-1-3-9-17(15)25/h1-4,6,8-10H,5,7,11-14H2,(H,23,26)(H,24,27). The van der Waals surface area contributed by atoms with Gasteiger partial charge in [0, 0.05) is 25.1 Å². The molecule has 28 heavy (non-hydrogen) atoms. The van der Waals surface area contributed by atoms with Crippen LogP contribution in [0.4, 0.5) is 5.69 Å². The van der Waals surface area contributed by atoms with Crippen molar-refractivity contribution < 1.29 is 9.59 Å². The van der Waals surface area contributed by atoms with Gasteiger partial charge in [-0.15, -0.1) is 11.3 Å². The van der Waals surface area contributed by atoms with Crippen LogP contribution in [0.5, 0.6) is 0 Å². The van der Waals surface area contributed by atoms with E-state index in [0.29, 0.717) is 6.42 Å².